The lowest BCUT2D eigenvalue weighted by molar-refractivity contribution is -0.144. The van der Waals surface area contributed by atoms with Crippen molar-refractivity contribution < 1.29 is 22.7 Å². The molecule has 1 aromatic heterocycles. The van der Waals surface area contributed by atoms with Crippen LogP contribution in [0.2, 0.25) is 0 Å². The standard InChI is InChI=1S/C14H13F3N2O3/c1-3-22-13(21)7(2)11-12(20)19-10-6-8(14(15,16)17)4-5-9(10)18-11/h4-7H,3H2,1-2H3,(H,19,20). The van der Waals surface area contributed by atoms with Crippen molar-refractivity contribution in [2.45, 2.75) is 25.9 Å². The van der Waals surface area contributed by atoms with Crippen molar-refractivity contribution in [3.05, 3.63) is 39.8 Å². The van der Waals surface area contributed by atoms with Gasteiger partial charge in [0, 0.05) is 0 Å². The Balaban J connectivity index is 2.51. The summed E-state index contributed by atoms with van der Waals surface area (Å²) in [5.74, 6) is -1.53. The summed E-state index contributed by atoms with van der Waals surface area (Å²) in [6.45, 7) is 3.23. The molecule has 0 radical (unpaired) electrons. The van der Waals surface area contributed by atoms with Crippen LogP contribution in [0.3, 0.4) is 0 Å². The number of nitrogens with one attached hydrogen (secondary N) is 1. The average Bonchev–Trinajstić information content (AvgIpc) is 2.44. The lowest BCUT2D eigenvalue weighted by atomic mass is 10.1. The second-order valence-corrected chi connectivity index (χ2v) is 4.65. The van der Waals surface area contributed by atoms with Crippen LogP contribution in [-0.2, 0) is 15.7 Å². The maximum Gasteiger partial charge on any atom is 0.416 e. The zero-order valence-electron chi connectivity index (χ0n) is 11.8. The molecule has 1 heterocycles. The van der Waals surface area contributed by atoms with E-state index in [2.05, 4.69) is 9.97 Å². The largest absolute Gasteiger partial charge is 0.465 e. The molecule has 0 aliphatic heterocycles. The summed E-state index contributed by atoms with van der Waals surface area (Å²) in [7, 11) is 0. The Labute approximate surface area is 123 Å². The molecule has 1 atom stereocenters. The Hall–Kier alpha value is -2.38. The number of nitrogens with zero attached hydrogens (tertiary/aromatic N) is 1. The molecule has 1 unspecified atom stereocenters. The second-order valence-electron chi connectivity index (χ2n) is 4.65. The maximum atomic E-state index is 12.6. The number of halogens is 3. The van der Waals surface area contributed by atoms with Crippen LogP contribution in [0.1, 0.15) is 31.0 Å². The molecule has 0 amide bonds. The lowest BCUT2D eigenvalue weighted by Crippen LogP contribution is -2.24. The smallest absolute Gasteiger partial charge is 0.416 e. The second kappa shape index (κ2) is 5.78. The first kappa shape index (κ1) is 16.0. The molecule has 0 saturated carbocycles. The molecule has 5 nitrogen and oxygen atoms in total. The topological polar surface area (TPSA) is 72.0 Å². The summed E-state index contributed by atoms with van der Waals surface area (Å²) in [5, 5.41) is 0. The van der Waals surface area contributed by atoms with Crippen LogP contribution in [0.15, 0.2) is 23.0 Å². The quantitative estimate of drug-likeness (QED) is 0.884. The Kier molecular flexibility index (Phi) is 4.20. The molecule has 0 aliphatic rings. The van der Waals surface area contributed by atoms with Gasteiger partial charge in [0.25, 0.3) is 5.56 Å². The summed E-state index contributed by atoms with van der Waals surface area (Å²) in [4.78, 5) is 29.9. The summed E-state index contributed by atoms with van der Waals surface area (Å²) in [6, 6.07) is 2.82. The number of rotatable bonds is 3. The SMILES string of the molecule is CCOC(=O)C(C)c1nc2ccc(C(F)(F)F)cc2[nH]c1=O. The summed E-state index contributed by atoms with van der Waals surface area (Å²) in [6.07, 6.45) is -4.51. The van der Waals surface area contributed by atoms with Gasteiger partial charge in [0.1, 0.15) is 11.6 Å². The van der Waals surface area contributed by atoms with E-state index < -0.39 is 29.2 Å². The minimum Gasteiger partial charge on any atom is -0.465 e. The van der Waals surface area contributed by atoms with E-state index in [4.69, 9.17) is 4.74 Å². The van der Waals surface area contributed by atoms with Crippen LogP contribution < -0.4 is 5.56 Å². The van der Waals surface area contributed by atoms with Crippen molar-refractivity contribution in [2.24, 2.45) is 0 Å². The number of alkyl halides is 3. The van der Waals surface area contributed by atoms with Crippen molar-refractivity contribution in [1.82, 2.24) is 9.97 Å². The third kappa shape index (κ3) is 3.10. The summed E-state index contributed by atoms with van der Waals surface area (Å²) >= 11 is 0. The van der Waals surface area contributed by atoms with Crippen molar-refractivity contribution in [3.63, 3.8) is 0 Å². The van der Waals surface area contributed by atoms with E-state index in [1.807, 2.05) is 0 Å². The van der Waals surface area contributed by atoms with Gasteiger partial charge in [0.15, 0.2) is 0 Å². The monoisotopic (exact) mass is 314 g/mol. The number of aromatic amines is 1. The molecule has 118 valence electrons. The van der Waals surface area contributed by atoms with Crippen LogP contribution in [0.25, 0.3) is 11.0 Å². The van der Waals surface area contributed by atoms with Gasteiger partial charge in [0.2, 0.25) is 0 Å². The van der Waals surface area contributed by atoms with Crippen molar-refractivity contribution in [1.29, 1.82) is 0 Å². The zero-order chi connectivity index (χ0) is 16.5. The number of hydrogen-bond acceptors (Lipinski definition) is 4. The number of benzene rings is 1. The molecule has 2 aromatic rings. The Morgan fingerprint density at radius 1 is 1.41 bits per heavy atom. The number of carbonyl (C=O) groups is 1. The Bertz CT molecular complexity index is 768. The minimum atomic E-state index is -4.51. The molecule has 0 aliphatic carbocycles. The van der Waals surface area contributed by atoms with Gasteiger partial charge >= 0.3 is 12.1 Å². The first-order chi connectivity index (χ1) is 10.2. The molecule has 1 N–H and O–H groups in total. The Morgan fingerprint density at radius 3 is 2.68 bits per heavy atom. The van der Waals surface area contributed by atoms with E-state index in [0.717, 1.165) is 18.2 Å². The van der Waals surface area contributed by atoms with E-state index in [9.17, 15) is 22.8 Å². The fraction of sp³-hybridized carbons (Fsp3) is 0.357. The predicted molar refractivity (Wildman–Crippen MR) is 72.4 cm³/mol. The molecule has 8 heteroatoms. The van der Waals surface area contributed by atoms with Crippen LogP contribution in [0.4, 0.5) is 13.2 Å². The fourth-order valence-corrected chi connectivity index (χ4v) is 1.95. The zero-order valence-corrected chi connectivity index (χ0v) is 11.8. The highest BCUT2D eigenvalue weighted by atomic mass is 19.4. The fourth-order valence-electron chi connectivity index (χ4n) is 1.95. The number of esters is 1. The molecule has 0 spiro atoms. The van der Waals surface area contributed by atoms with Gasteiger partial charge in [-0.25, -0.2) is 4.98 Å². The van der Waals surface area contributed by atoms with Crippen LogP contribution in [-0.4, -0.2) is 22.5 Å². The van der Waals surface area contributed by atoms with Gasteiger partial charge in [-0.05, 0) is 32.0 Å². The van der Waals surface area contributed by atoms with Gasteiger partial charge < -0.3 is 9.72 Å². The van der Waals surface area contributed by atoms with Gasteiger partial charge in [-0.15, -0.1) is 0 Å². The normalized spacial score (nSPS) is 13.1. The van der Waals surface area contributed by atoms with Gasteiger partial charge in [-0.3, -0.25) is 9.59 Å². The van der Waals surface area contributed by atoms with Gasteiger partial charge in [-0.2, -0.15) is 13.2 Å². The predicted octanol–water partition coefficient (Wildman–Crippen LogP) is 2.61. The third-order valence-electron chi connectivity index (χ3n) is 3.10. The summed E-state index contributed by atoms with van der Waals surface area (Å²) in [5.41, 5.74) is -1.57. The lowest BCUT2D eigenvalue weighted by Gasteiger charge is -2.11. The molecular formula is C14H13F3N2O3. The highest BCUT2D eigenvalue weighted by molar-refractivity contribution is 5.79. The Morgan fingerprint density at radius 2 is 2.09 bits per heavy atom. The first-order valence-electron chi connectivity index (χ1n) is 6.52. The number of H-pyrrole nitrogens is 1. The van der Waals surface area contributed by atoms with Gasteiger partial charge in [0.05, 0.1) is 23.2 Å². The molecule has 22 heavy (non-hydrogen) atoms. The van der Waals surface area contributed by atoms with E-state index in [-0.39, 0.29) is 23.3 Å². The number of hydrogen-bond donors (Lipinski definition) is 1. The third-order valence-corrected chi connectivity index (χ3v) is 3.10. The van der Waals surface area contributed by atoms with Crippen molar-refractivity contribution in [3.8, 4) is 0 Å². The first-order valence-corrected chi connectivity index (χ1v) is 6.52. The number of carbonyl (C=O) groups excluding carboxylic acids is 1. The molecule has 0 fully saturated rings. The molecule has 0 bridgehead atoms. The van der Waals surface area contributed by atoms with E-state index in [1.165, 1.54) is 6.92 Å². The van der Waals surface area contributed by atoms with Crippen molar-refractivity contribution >= 4 is 17.0 Å². The number of ether oxygens (including phenoxy) is 1. The van der Waals surface area contributed by atoms with E-state index in [0.29, 0.717) is 0 Å². The molecule has 0 saturated heterocycles. The van der Waals surface area contributed by atoms with Gasteiger partial charge in [-0.1, -0.05) is 0 Å². The maximum absolute atomic E-state index is 12.6. The highest BCUT2D eigenvalue weighted by Crippen LogP contribution is 2.30. The van der Waals surface area contributed by atoms with Crippen LogP contribution >= 0.6 is 0 Å². The summed E-state index contributed by atoms with van der Waals surface area (Å²) < 4.78 is 42.7. The van der Waals surface area contributed by atoms with Crippen molar-refractivity contribution in [2.75, 3.05) is 6.61 Å². The average molecular weight is 314 g/mol. The van der Waals surface area contributed by atoms with E-state index in [1.54, 1.807) is 6.92 Å². The highest BCUT2D eigenvalue weighted by Gasteiger charge is 2.31. The van der Waals surface area contributed by atoms with Crippen LogP contribution in [0.5, 0.6) is 0 Å². The molecule has 2 rings (SSSR count). The molecular weight excluding hydrogens is 301 g/mol. The van der Waals surface area contributed by atoms with E-state index >= 15 is 0 Å². The number of fused-ring (bicyclic) bond motifs is 1. The van der Waals surface area contributed by atoms with Crippen LogP contribution in [0, 0.1) is 0 Å². The minimum absolute atomic E-state index is 0.0420. The number of aromatic nitrogens is 2. The molecule has 1 aromatic carbocycles.